The molecule has 3 aromatic rings. The Kier molecular flexibility index (Phi) is 6.89. The van der Waals surface area contributed by atoms with Crippen molar-refractivity contribution in [1.29, 1.82) is 0 Å². The number of ether oxygens (including phenoxy) is 1. The van der Waals surface area contributed by atoms with E-state index in [4.69, 9.17) is 38.1 Å². The van der Waals surface area contributed by atoms with E-state index in [1.807, 2.05) is 31.2 Å². The number of nitrogens with zero attached hydrogens (tertiary/aromatic N) is 3. The lowest BCUT2D eigenvalue weighted by Crippen LogP contribution is -2.46. The molecule has 1 aliphatic heterocycles. The van der Waals surface area contributed by atoms with E-state index in [9.17, 15) is 0 Å². The zero-order valence-corrected chi connectivity index (χ0v) is 19.8. The largest absolute Gasteiger partial charge is 0.385 e. The standard InChI is InChI=1S/C24H25ClN4O2S/c1-15-5-7-17(8-6-15)21-20(16(2)29(24(32)26-21)13-4-14-30-3)23-27-22(28-31-23)18-9-11-19(25)12-10-18/h5-12,21H,4,13-14H2,1-3H3,(H,26,32). The Morgan fingerprint density at radius 2 is 1.84 bits per heavy atom. The number of methoxy groups -OCH3 is 1. The Hall–Kier alpha value is -2.74. The molecule has 6 nitrogen and oxygen atoms in total. The second-order valence-electron chi connectivity index (χ2n) is 7.72. The monoisotopic (exact) mass is 468 g/mol. The normalized spacial score (nSPS) is 16.4. The molecule has 0 amide bonds. The third kappa shape index (κ3) is 4.70. The highest BCUT2D eigenvalue weighted by Crippen LogP contribution is 2.37. The van der Waals surface area contributed by atoms with Gasteiger partial charge in [0, 0.05) is 36.5 Å². The van der Waals surface area contributed by atoms with E-state index in [2.05, 4.69) is 46.6 Å². The van der Waals surface area contributed by atoms with Crippen LogP contribution in [0.25, 0.3) is 17.0 Å². The first-order chi connectivity index (χ1) is 15.5. The van der Waals surface area contributed by atoms with Gasteiger partial charge < -0.3 is 19.5 Å². The van der Waals surface area contributed by atoms with E-state index < -0.39 is 0 Å². The molecule has 0 radical (unpaired) electrons. The third-order valence-electron chi connectivity index (χ3n) is 5.50. The van der Waals surface area contributed by atoms with Crippen molar-refractivity contribution in [2.45, 2.75) is 26.3 Å². The number of nitrogens with one attached hydrogen (secondary N) is 1. The number of aromatic nitrogens is 2. The number of allylic oxidation sites excluding steroid dienone is 1. The number of hydrogen-bond donors (Lipinski definition) is 1. The first-order valence-corrected chi connectivity index (χ1v) is 11.2. The Labute approximate surface area is 198 Å². The Bertz CT molecular complexity index is 1130. The summed E-state index contributed by atoms with van der Waals surface area (Å²) in [6, 6.07) is 15.5. The van der Waals surface area contributed by atoms with Gasteiger partial charge >= 0.3 is 0 Å². The van der Waals surface area contributed by atoms with Crippen molar-refractivity contribution >= 4 is 34.5 Å². The Morgan fingerprint density at radius 1 is 1.12 bits per heavy atom. The summed E-state index contributed by atoms with van der Waals surface area (Å²) in [7, 11) is 1.70. The molecule has 32 heavy (non-hydrogen) atoms. The smallest absolute Gasteiger partial charge is 0.258 e. The number of thiocarbonyl (C=S) groups is 1. The maximum absolute atomic E-state index is 6.02. The number of benzene rings is 2. The lowest BCUT2D eigenvalue weighted by molar-refractivity contribution is 0.188. The number of hydrogen-bond acceptors (Lipinski definition) is 5. The van der Waals surface area contributed by atoms with Gasteiger partial charge in [-0.3, -0.25) is 0 Å². The molecule has 1 unspecified atom stereocenters. The van der Waals surface area contributed by atoms with Crippen LogP contribution >= 0.6 is 23.8 Å². The minimum atomic E-state index is -0.194. The van der Waals surface area contributed by atoms with Crippen molar-refractivity contribution in [1.82, 2.24) is 20.4 Å². The van der Waals surface area contributed by atoms with E-state index >= 15 is 0 Å². The van der Waals surface area contributed by atoms with Gasteiger partial charge in [-0.05, 0) is 62.3 Å². The van der Waals surface area contributed by atoms with Gasteiger partial charge in [-0.2, -0.15) is 4.98 Å². The molecule has 0 saturated carbocycles. The average Bonchev–Trinajstić information content (AvgIpc) is 3.26. The van der Waals surface area contributed by atoms with Gasteiger partial charge in [0.25, 0.3) is 5.89 Å². The van der Waals surface area contributed by atoms with Crippen molar-refractivity contribution in [3.63, 3.8) is 0 Å². The summed E-state index contributed by atoms with van der Waals surface area (Å²) in [6.45, 7) is 5.50. The Morgan fingerprint density at radius 3 is 2.53 bits per heavy atom. The van der Waals surface area contributed by atoms with E-state index in [1.54, 1.807) is 7.11 Å². The number of halogens is 1. The van der Waals surface area contributed by atoms with Crippen molar-refractivity contribution in [2.24, 2.45) is 0 Å². The fourth-order valence-corrected chi connectivity index (χ4v) is 4.22. The molecule has 0 aliphatic carbocycles. The SMILES string of the molecule is COCCCN1C(=S)NC(c2ccc(C)cc2)C(c2nc(-c3ccc(Cl)cc3)no2)=C1C. The second kappa shape index (κ2) is 9.81. The van der Waals surface area contributed by atoms with Crippen molar-refractivity contribution in [3.8, 4) is 11.4 Å². The Balaban J connectivity index is 1.76. The minimum absolute atomic E-state index is 0.194. The minimum Gasteiger partial charge on any atom is -0.385 e. The molecule has 1 aliphatic rings. The van der Waals surface area contributed by atoms with Crippen LogP contribution in [0.2, 0.25) is 5.02 Å². The van der Waals surface area contributed by atoms with Gasteiger partial charge in [0.2, 0.25) is 5.82 Å². The second-order valence-corrected chi connectivity index (χ2v) is 8.54. The molecule has 1 N–H and O–H groups in total. The van der Waals surface area contributed by atoms with E-state index in [0.717, 1.165) is 35.4 Å². The van der Waals surface area contributed by atoms with Gasteiger partial charge in [0.15, 0.2) is 5.11 Å². The first-order valence-electron chi connectivity index (χ1n) is 10.4. The van der Waals surface area contributed by atoms with Crippen LogP contribution in [0.1, 0.15) is 36.4 Å². The zero-order chi connectivity index (χ0) is 22.7. The van der Waals surface area contributed by atoms with E-state index in [1.165, 1.54) is 5.56 Å². The van der Waals surface area contributed by atoms with Gasteiger partial charge in [-0.25, -0.2) is 0 Å². The molecule has 0 fully saturated rings. The maximum Gasteiger partial charge on any atom is 0.258 e. The summed E-state index contributed by atoms with van der Waals surface area (Å²) in [5.41, 5.74) is 5.01. The summed E-state index contributed by atoms with van der Waals surface area (Å²) >= 11 is 11.7. The molecule has 8 heteroatoms. The summed E-state index contributed by atoms with van der Waals surface area (Å²) in [5, 5.41) is 9.03. The van der Waals surface area contributed by atoms with Gasteiger partial charge in [0.05, 0.1) is 11.6 Å². The quantitative estimate of drug-likeness (QED) is 0.368. The highest BCUT2D eigenvalue weighted by molar-refractivity contribution is 7.80. The zero-order valence-electron chi connectivity index (χ0n) is 18.3. The number of rotatable bonds is 7. The molecule has 166 valence electrons. The summed E-state index contributed by atoms with van der Waals surface area (Å²) in [4.78, 5) is 6.79. The van der Waals surface area contributed by atoms with Crippen LogP contribution in [0.4, 0.5) is 0 Å². The van der Waals surface area contributed by atoms with Crippen molar-refractivity contribution in [2.75, 3.05) is 20.3 Å². The predicted molar refractivity (Wildman–Crippen MR) is 130 cm³/mol. The van der Waals surface area contributed by atoms with Crippen LogP contribution in [0.5, 0.6) is 0 Å². The molecule has 2 aromatic carbocycles. The van der Waals surface area contributed by atoms with Gasteiger partial charge in [0.1, 0.15) is 0 Å². The first kappa shape index (κ1) is 22.5. The fraction of sp³-hybridized carbons (Fsp3) is 0.292. The lowest BCUT2D eigenvalue weighted by Gasteiger charge is -2.37. The molecule has 0 saturated heterocycles. The van der Waals surface area contributed by atoms with Crippen LogP contribution in [0.3, 0.4) is 0 Å². The summed E-state index contributed by atoms with van der Waals surface area (Å²) in [6.07, 6.45) is 0.845. The highest BCUT2D eigenvalue weighted by Gasteiger charge is 2.33. The molecule has 0 bridgehead atoms. The van der Waals surface area contributed by atoms with E-state index in [0.29, 0.717) is 28.5 Å². The topological polar surface area (TPSA) is 63.4 Å². The summed E-state index contributed by atoms with van der Waals surface area (Å²) in [5.74, 6) is 0.975. The lowest BCUT2D eigenvalue weighted by atomic mass is 9.94. The van der Waals surface area contributed by atoms with E-state index in [-0.39, 0.29) is 6.04 Å². The van der Waals surface area contributed by atoms with Crippen LogP contribution < -0.4 is 5.32 Å². The third-order valence-corrected chi connectivity index (χ3v) is 6.09. The van der Waals surface area contributed by atoms with Gasteiger partial charge in [-0.1, -0.05) is 46.6 Å². The fourth-order valence-electron chi connectivity index (χ4n) is 3.75. The molecule has 0 spiro atoms. The van der Waals surface area contributed by atoms with Crippen molar-refractivity contribution < 1.29 is 9.26 Å². The predicted octanol–water partition coefficient (Wildman–Crippen LogP) is 5.40. The number of aryl methyl sites for hydroxylation is 1. The molecule has 4 rings (SSSR count). The molecular formula is C24H25ClN4O2S. The van der Waals surface area contributed by atoms with Crippen LogP contribution in [-0.4, -0.2) is 40.4 Å². The van der Waals surface area contributed by atoms with Crippen molar-refractivity contribution in [3.05, 3.63) is 76.3 Å². The maximum atomic E-state index is 6.02. The summed E-state index contributed by atoms with van der Waals surface area (Å²) < 4.78 is 11.0. The van der Waals surface area contributed by atoms with Crippen LogP contribution in [0.15, 0.2) is 58.8 Å². The average molecular weight is 469 g/mol. The van der Waals surface area contributed by atoms with Crippen LogP contribution in [0, 0.1) is 6.92 Å². The molecule has 2 heterocycles. The van der Waals surface area contributed by atoms with Gasteiger partial charge in [-0.15, -0.1) is 0 Å². The van der Waals surface area contributed by atoms with Crippen LogP contribution in [-0.2, 0) is 4.74 Å². The molecular weight excluding hydrogens is 444 g/mol. The molecule has 1 aromatic heterocycles. The highest BCUT2D eigenvalue weighted by atomic mass is 35.5. The molecule has 1 atom stereocenters.